The first-order valence-corrected chi connectivity index (χ1v) is 8.75. The summed E-state index contributed by atoms with van der Waals surface area (Å²) >= 11 is 11.8. The minimum Gasteiger partial charge on any atom is -0.497 e. The summed E-state index contributed by atoms with van der Waals surface area (Å²) < 4.78 is 10.3. The normalized spacial score (nSPS) is 10.5. The highest BCUT2D eigenvalue weighted by atomic mass is 35.5. The van der Waals surface area contributed by atoms with Crippen LogP contribution in [0.25, 0.3) is 10.8 Å². The number of ether oxygens (including phenoxy) is 2. The van der Waals surface area contributed by atoms with Crippen LogP contribution >= 0.6 is 23.2 Å². The molecule has 0 fully saturated rings. The molecule has 1 amide bonds. The van der Waals surface area contributed by atoms with Gasteiger partial charge in [0.1, 0.15) is 12.4 Å². The van der Waals surface area contributed by atoms with E-state index in [4.69, 9.17) is 38.1 Å². The van der Waals surface area contributed by atoms with Gasteiger partial charge >= 0.3 is 6.09 Å². The Kier molecular flexibility index (Phi) is 5.84. The quantitative estimate of drug-likeness (QED) is 0.531. The van der Waals surface area contributed by atoms with Crippen molar-refractivity contribution >= 4 is 51.5 Å². The van der Waals surface area contributed by atoms with Gasteiger partial charge in [0.15, 0.2) is 0 Å². The fourth-order valence-corrected chi connectivity index (χ4v) is 3.07. The molecule has 3 rings (SSSR count). The SMILES string of the molecule is COc1ccc2cc(C(=N)COC(=O)Nc3cc(Cl)cc(Cl)c3)ccc2c1. The van der Waals surface area contributed by atoms with Crippen LogP contribution in [0.1, 0.15) is 5.56 Å². The molecule has 0 bridgehead atoms. The van der Waals surface area contributed by atoms with E-state index in [0.29, 0.717) is 21.3 Å². The van der Waals surface area contributed by atoms with Crippen LogP contribution in [-0.2, 0) is 4.74 Å². The molecule has 0 aromatic heterocycles. The van der Waals surface area contributed by atoms with Crippen molar-refractivity contribution < 1.29 is 14.3 Å². The van der Waals surface area contributed by atoms with Crippen molar-refractivity contribution in [3.8, 4) is 5.75 Å². The molecule has 3 aromatic carbocycles. The number of hydrogen-bond donors (Lipinski definition) is 2. The van der Waals surface area contributed by atoms with Crippen LogP contribution in [0, 0.1) is 5.41 Å². The van der Waals surface area contributed by atoms with Crippen molar-refractivity contribution in [1.82, 2.24) is 0 Å². The Labute approximate surface area is 166 Å². The fourth-order valence-electron chi connectivity index (χ4n) is 2.54. The van der Waals surface area contributed by atoms with Gasteiger partial charge in [-0.05, 0) is 52.7 Å². The van der Waals surface area contributed by atoms with Crippen LogP contribution < -0.4 is 10.1 Å². The number of hydrogen-bond acceptors (Lipinski definition) is 4. The van der Waals surface area contributed by atoms with Crippen LogP contribution in [0.4, 0.5) is 10.5 Å². The van der Waals surface area contributed by atoms with E-state index in [1.165, 1.54) is 0 Å². The lowest BCUT2D eigenvalue weighted by molar-refractivity contribution is 0.177. The molecular weight excluding hydrogens is 387 g/mol. The van der Waals surface area contributed by atoms with E-state index >= 15 is 0 Å². The highest BCUT2D eigenvalue weighted by Gasteiger charge is 2.09. The maximum absolute atomic E-state index is 11.9. The molecule has 0 radical (unpaired) electrons. The van der Waals surface area contributed by atoms with Gasteiger partial charge in [0, 0.05) is 15.7 Å². The van der Waals surface area contributed by atoms with E-state index in [9.17, 15) is 4.79 Å². The summed E-state index contributed by atoms with van der Waals surface area (Å²) in [4.78, 5) is 11.9. The standard InChI is InChI=1S/C20H16Cl2N2O3/c1-26-18-5-4-12-6-14(3-2-13(12)7-18)19(23)11-27-20(25)24-17-9-15(21)8-16(22)10-17/h2-10,23H,11H2,1H3,(H,24,25). The first kappa shape index (κ1) is 19.0. The number of amides is 1. The molecule has 0 aliphatic rings. The van der Waals surface area contributed by atoms with Crippen molar-refractivity contribution in [2.45, 2.75) is 0 Å². The average molecular weight is 403 g/mol. The third-order valence-corrected chi connectivity index (χ3v) is 4.29. The molecule has 138 valence electrons. The summed E-state index contributed by atoms with van der Waals surface area (Å²) in [6, 6.07) is 15.9. The van der Waals surface area contributed by atoms with Crippen LogP contribution in [0.3, 0.4) is 0 Å². The molecule has 3 aromatic rings. The summed E-state index contributed by atoms with van der Waals surface area (Å²) in [6.45, 7) is -0.165. The number of carbonyl (C=O) groups excluding carboxylic acids is 1. The zero-order chi connectivity index (χ0) is 19.4. The predicted molar refractivity (Wildman–Crippen MR) is 109 cm³/mol. The summed E-state index contributed by atoms with van der Waals surface area (Å²) in [6.07, 6.45) is -0.691. The third kappa shape index (κ3) is 4.90. The van der Waals surface area contributed by atoms with Crippen molar-refractivity contribution in [2.24, 2.45) is 0 Å². The van der Waals surface area contributed by atoms with E-state index in [2.05, 4.69) is 5.32 Å². The second kappa shape index (κ2) is 8.29. The van der Waals surface area contributed by atoms with Gasteiger partial charge in [0.25, 0.3) is 0 Å². The van der Waals surface area contributed by atoms with Crippen LogP contribution in [0.15, 0.2) is 54.6 Å². The number of carbonyl (C=O) groups is 1. The molecule has 27 heavy (non-hydrogen) atoms. The lowest BCUT2D eigenvalue weighted by Crippen LogP contribution is -2.19. The Morgan fingerprint density at radius 3 is 2.37 bits per heavy atom. The highest BCUT2D eigenvalue weighted by molar-refractivity contribution is 6.35. The van der Waals surface area contributed by atoms with Gasteiger partial charge in [-0.2, -0.15) is 0 Å². The number of halogens is 2. The van der Waals surface area contributed by atoms with Gasteiger partial charge in [-0.3, -0.25) is 5.32 Å². The molecule has 0 saturated heterocycles. The predicted octanol–water partition coefficient (Wildman–Crippen LogP) is 5.77. The average Bonchev–Trinajstić information content (AvgIpc) is 2.64. The molecule has 7 heteroatoms. The third-order valence-electron chi connectivity index (χ3n) is 3.85. The molecule has 0 heterocycles. The molecule has 0 unspecified atom stereocenters. The number of fused-ring (bicyclic) bond motifs is 1. The van der Waals surface area contributed by atoms with Crippen molar-refractivity contribution in [3.63, 3.8) is 0 Å². The van der Waals surface area contributed by atoms with Crippen molar-refractivity contribution in [2.75, 3.05) is 19.0 Å². The van der Waals surface area contributed by atoms with E-state index < -0.39 is 6.09 Å². The Morgan fingerprint density at radius 2 is 1.67 bits per heavy atom. The fraction of sp³-hybridized carbons (Fsp3) is 0.100. The van der Waals surface area contributed by atoms with E-state index in [0.717, 1.165) is 16.5 Å². The summed E-state index contributed by atoms with van der Waals surface area (Å²) in [5.41, 5.74) is 1.28. The van der Waals surface area contributed by atoms with Crippen LogP contribution in [0.5, 0.6) is 5.75 Å². The van der Waals surface area contributed by atoms with Crippen LogP contribution in [0.2, 0.25) is 10.0 Å². The van der Waals surface area contributed by atoms with E-state index in [-0.39, 0.29) is 12.3 Å². The second-order valence-corrected chi connectivity index (χ2v) is 6.64. The molecular formula is C20H16Cl2N2O3. The second-order valence-electron chi connectivity index (χ2n) is 5.77. The van der Waals surface area contributed by atoms with Gasteiger partial charge in [-0.15, -0.1) is 0 Å². The zero-order valence-corrected chi connectivity index (χ0v) is 15.9. The maximum Gasteiger partial charge on any atom is 0.412 e. The molecule has 2 N–H and O–H groups in total. The minimum absolute atomic E-state index is 0.165. The highest BCUT2D eigenvalue weighted by Crippen LogP contribution is 2.23. The number of benzene rings is 3. The lowest BCUT2D eigenvalue weighted by atomic mass is 10.0. The van der Waals surface area contributed by atoms with E-state index in [1.807, 2.05) is 36.4 Å². The molecule has 0 spiro atoms. The van der Waals surface area contributed by atoms with Gasteiger partial charge in [-0.1, -0.05) is 41.4 Å². The largest absolute Gasteiger partial charge is 0.497 e. The monoisotopic (exact) mass is 402 g/mol. The summed E-state index contributed by atoms with van der Waals surface area (Å²) in [7, 11) is 1.62. The Balaban J connectivity index is 1.63. The number of rotatable bonds is 5. The first-order chi connectivity index (χ1) is 12.9. The number of anilines is 1. The molecule has 5 nitrogen and oxygen atoms in total. The molecule has 0 atom stereocenters. The smallest absolute Gasteiger partial charge is 0.412 e. The van der Waals surface area contributed by atoms with Gasteiger partial charge < -0.3 is 14.9 Å². The van der Waals surface area contributed by atoms with Crippen molar-refractivity contribution in [1.29, 1.82) is 5.41 Å². The lowest BCUT2D eigenvalue weighted by Gasteiger charge is -2.10. The number of nitrogens with one attached hydrogen (secondary N) is 2. The summed E-state index contributed by atoms with van der Waals surface area (Å²) in [5.74, 6) is 0.770. The topological polar surface area (TPSA) is 71.4 Å². The van der Waals surface area contributed by atoms with Gasteiger partial charge in [0.05, 0.1) is 12.8 Å². The Hall–Kier alpha value is -2.76. The molecule has 0 saturated carbocycles. The van der Waals surface area contributed by atoms with Gasteiger partial charge in [-0.25, -0.2) is 4.79 Å². The molecule has 0 aliphatic heterocycles. The van der Waals surface area contributed by atoms with E-state index in [1.54, 1.807) is 25.3 Å². The Bertz CT molecular complexity index is 1000. The Morgan fingerprint density at radius 1 is 1.00 bits per heavy atom. The minimum atomic E-state index is -0.691. The number of methoxy groups -OCH3 is 1. The summed E-state index contributed by atoms with van der Waals surface area (Å²) in [5, 5.41) is 13.5. The van der Waals surface area contributed by atoms with Crippen molar-refractivity contribution in [3.05, 3.63) is 70.2 Å². The molecule has 0 aliphatic carbocycles. The van der Waals surface area contributed by atoms with Crippen LogP contribution in [-0.4, -0.2) is 25.5 Å². The first-order valence-electron chi connectivity index (χ1n) is 8.00. The van der Waals surface area contributed by atoms with Gasteiger partial charge in [0.2, 0.25) is 0 Å². The maximum atomic E-state index is 11.9. The zero-order valence-electron chi connectivity index (χ0n) is 14.4.